The molecule has 100 valence electrons. The molecule has 2 aromatic rings. The van der Waals surface area contributed by atoms with Crippen LogP contribution in [0.3, 0.4) is 0 Å². The van der Waals surface area contributed by atoms with Gasteiger partial charge in [0, 0.05) is 17.8 Å². The minimum absolute atomic E-state index is 0.171. The van der Waals surface area contributed by atoms with Gasteiger partial charge < -0.3 is 10.4 Å². The molecule has 1 unspecified atom stereocenters. The zero-order valence-corrected chi connectivity index (χ0v) is 10.8. The Kier molecular flexibility index (Phi) is 3.61. The summed E-state index contributed by atoms with van der Waals surface area (Å²) in [5.74, 6) is -1.87. The zero-order chi connectivity index (χ0) is 14.0. The van der Waals surface area contributed by atoms with Crippen molar-refractivity contribution in [1.82, 2.24) is 14.7 Å². The fourth-order valence-corrected chi connectivity index (χ4v) is 2.23. The number of nitrogens with one attached hydrogen (secondary N) is 1. The number of aliphatic carboxylic acids is 1. The number of hydrogen-bond donors (Lipinski definition) is 2. The van der Waals surface area contributed by atoms with Crippen LogP contribution in [-0.4, -0.2) is 32.4 Å². The van der Waals surface area contributed by atoms with E-state index < -0.39 is 23.5 Å². The summed E-state index contributed by atoms with van der Waals surface area (Å²) in [6.45, 7) is 1.63. The third kappa shape index (κ3) is 2.48. The summed E-state index contributed by atoms with van der Waals surface area (Å²) in [4.78, 5) is 39.2. The second-order valence-corrected chi connectivity index (χ2v) is 4.68. The molecule has 0 radical (unpaired) electrons. The lowest BCUT2D eigenvalue weighted by Crippen LogP contribution is -2.42. The van der Waals surface area contributed by atoms with Crippen LogP contribution >= 0.6 is 11.3 Å². The number of rotatable bonds is 4. The average Bonchev–Trinajstić information content (AvgIpc) is 2.84. The summed E-state index contributed by atoms with van der Waals surface area (Å²) < 4.78 is 1.25. The highest BCUT2D eigenvalue weighted by atomic mass is 32.1. The molecule has 1 atom stereocenters. The molecule has 0 aromatic carbocycles. The van der Waals surface area contributed by atoms with Crippen LogP contribution in [-0.2, 0) is 4.79 Å². The lowest BCUT2D eigenvalue weighted by molar-refractivity contribution is -0.139. The van der Waals surface area contributed by atoms with Crippen molar-refractivity contribution in [2.24, 2.45) is 0 Å². The monoisotopic (exact) mass is 281 g/mol. The molecule has 2 rings (SSSR count). The second kappa shape index (κ2) is 5.19. The van der Waals surface area contributed by atoms with Gasteiger partial charge in [-0.25, -0.2) is 9.78 Å². The number of amides is 1. The molecule has 0 fully saturated rings. The van der Waals surface area contributed by atoms with E-state index in [1.807, 2.05) is 0 Å². The standard InChI is InChI=1S/C11H11N3O4S/c1-2-7(10(17)18)13-8(15)6-5-12-11-14(9(6)16)3-4-19-11/h3-5,7H,2H2,1H3,(H,13,15)(H,17,18). The lowest BCUT2D eigenvalue weighted by atomic mass is 10.2. The molecule has 0 aliphatic carbocycles. The summed E-state index contributed by atoms with van der Waals surface area (Å²) in [6, 6.07) is -1.02. The third-order valence-corrected chi connectivity index (χ3v) is 3.37. The Morgan fingerprint density at radius 3 is 2.95 bits per heavy atom. The van der Waals surface area contributed by atoms with Gasteiger partial charge in [-0.2, -0.15) is 0 Å². The highest BCUT2D eigenvalue weighted by Gasteiger charge is 2.21. The summed E-state index contributed by atoms with van der Waals surface area (Å²) in [7, 11) is 0. The second-order valence-electron chi connectivity index (χ2n) is 3.81. The van der Waals surface area contributed by atoms with E-state index in [0.717, 1.165) is 6.20 Å². The van der Waals surface area contributed by atoms with E-state index in [2.05, 4.69) is 10.3 Å². The highest BCUT2D eigenvalue weighted by Crippen LogP contribution is 2.06. The zero-order valence-electron chi connectivity index (χ0n) is 9.99. The first kappa shape index (κ1) is 13.2. The van der Waals surface area contributed by atoms with Crippen molar-refractivity contribution < 1.29 is 14.7 Å². The van der Waals surface area contributed by atoms with Crippen LogP contribution in [0, 0.1) is 0 Å². The molecule has 7 nitrogen and oxygen atoms in total. The third-order valence-electron chi connectivity index (χ3n) is 2.60. The molecule has 0 aliphatic heterocycles. The van der Waals surface area contributed by atoms with Crippen molar-refractivity contribution >= 4 is 28.2 Å². The molecule has 2 heterocycles. The molecule has 0 aliphatic rings. The fraction of sp³-hybridized carbons (Fsp3) is 0.273. The topological polar surface area (TPSA) is 101 Å². The van der Waals surface area contributed by atoms with Crippen molar-refractivity contribution in [2.75, 3.05) is 0 Å². The summed E-state index contributed by atoms with van der Waals surface area (Å²) in [5.41, 5.74) is -0.681. The van der Waals surface area contributed by atoms with Crippen molar-refractivity contribution in [2.45, 2.75) is 19.4 Å². The number of carboxylic acids is 1. The van der Waals surface area contributed by atoms with Crippen LogP contribution < -0.4 is 10.9 Å². The van der Waals surface area contributed by atoms with Crippen LogP contribution in [0.1, 0.15) is 23.7 Å². The van der Waals surface area contributed by atoms with Crippen LogP contribution in [0.15, 0.2) is 22.6 Å². The molecular weight excluding hydrogens is 270 g/mol. The molecule has 19 heavy (non-hydrogen) atoms. The van der Waals surface area contributed by atoms with Gasteiger partial charge in [-0.1, -0.05) is 6.92 Å². The number of carboxylic acid groups (broad SMARTS) is 1. The van der Waals surface area contributed by atoms with Gasteiger partial charge in [0.1, 0.15) is 11.6 Å². The number of fused-ring (bicyclic) bond motifs is 1. The van der Waals surface area contributed by atoms with Gasteiger partial charge in [-0.15, -0.1) is 11.3 Å². The molecule has 0 saturated carbocycles. The Bertz CT molecular complexity index is 691. The number of thiazole rings is 1. The minimum atomic E-state index is -1.14. The van der Waals surface area contributed by atoms with E-state index in [1.165, 1.54) is 21.9 Å². The Balaban J connectivity index is 2.34. The predicted molar refractivity (Wildman–Crippen MR) is 68.5 cm³/mol. The molecule has 2 aromatic heterocycles. The highest BCUT2D eigenvalue weighted by molar-refractivity contribution is 7.15. The molecular formula is C11H11N3O4S. The first-order chi connectivity index (χ1) is 9.04. The van der Waals surface area contributed by atoms with Crippen molar-refractivity contribution in [3.05, 3.63) is 33.7 Å². The number of hydrogen-bond acceptors (Lipinski definition) is 5. The van der Waals surface area contributed by atoms with E-state index >= 15 is 0 Å². The number of nitrogens with zero attached hydrogens (tertiary/aromatic N) is 2. The fourth-order valence-electron chi connectivity index (χ4n) is 1.55. The van der Waals surface area contributed by atoms with Gasteiger partial charge in [0.15, 0.2) is 4.96 Å². The minimum Gasteiger partial charge on any atom is -0.480 e. The summed E-state index contributed by atoms with van der Waals surface area (Å²) in [6.07, 6.45) is 2.91. The van der Waals surface area contributed by atoms with Crippen LogP contribution in [0.4, 0.5) is 0 Å². The Morgan fingerprint density at radius 1 is 1.58 bits per heavy atom. The largest absolute Gasteiger partial charge is 0.480 e. The summed E-state index contributed by atoms with van der Waals surface area (Å²) >= 11 is 1.27. The van der Waals surface area contributed by atoms with Gasteiger partial charge in [0.05, 0.1) is 0 Å². The molecule has 1 amide bonds. The van der Waals surface area contributed by atoms with E-state index in [4.69, 9.17) is 5.11 Å². The molecule has 0 spiro atoms. The Morgan fingerprint density at radius 2 is 2.32 bits per heavy atom. The number of carbonyl (C=O) groups excluding carboxylic acids is 1. The average molecular weight is 281 g/mol. The van der Waals surface area contributed by atoms with Crippen LogP contribution in [0.2, 0.25) is 0 Å². The van der Waals surface area contributed by atoms with Crippen molar-refractivity contribution in [1.29, 1.82) is 0 Å². The van der Waals surface area contributed by atoms with Gasteiger partial charge >= 0.3 is 5.97 Å². The first-order valence-electron chi connectivity index (χ1n) is 5.53. The predicted octanol–water partition coefficient (Wildman–Crippen LogP) is 0.349. The maximum absolute atomic E-state index is 12.0. The SMILES string of the molecule is CCC(NC(=O)c1cnc2sccn2c1=O)C(=O)O. The van der Waals surface area contributed by atoms with Crippen LogP contribution in [0.5, 0.6) is 0 Å². The maximum Gasteiger partial charge on any atom is 0.326 e. The molecule has 2 N–H and O–H groups in total. The van der Waals surface area contributed by atoms with Gasteiger partial charge in [0.2, 0.25) is 0 Å². The molecule has 0 bridgehead atoms. The number of aromatic nitrogens is 2. The van der Waals surface area contributed by atoms with Gasteiger partial charge in [-0.05, 0) is 6.42 Å². The van der Waals surface area contributed by atoms with Gasteiger partial charge in [0.25, 0.3) is 11.5 Å². The van der Waals surface area contributed by atoms with E-state index in [1.54, 1.807) is 12.3 Å². The van der Waals surface area contributed by atoms with Crippen molar-refractivity contribution in [3.63, 3.8) is 0 Å². The van der Waals surface area contributed by atoms with E-state index in [0.29, 0.717) is 4.96 Å². The smallest absolute Gasteiger partial charge is 0.326 e. The quantitative estimate of drug-likeness (QED) is 0.842. The van der Waals surface area contributed by atoms with Gasteiger partial charge in [-0.3, -0.25) is 14.0 Å². The van der Waals surface area contributed by atoms with E-state index in [-0.39, 0.29) is 12.0 Å². The molecule has 0 saturated heterocycles. The Labute approximate surface area is 111 Å². The van der Waals surface area contributed by atoms with Crippen molar-refractivity contribution in [3.8, 4) is 0 Å². The normalized spacial score (nSPS) is 12.3. The first-order valence-corrected chi connectivity index (χ1v) is 6.41. The maximum atomic E-state index is 12.0. The Hall–Kier alpha value is -2.22. The molecule has 8 heteroatoms. The van der Waals surface area contributed by atoms with E-state index in [9.17, 15) is 14.4 Å². The lowest BCUT2D eigenvalue weighted by Gasteiger charge is -2.11. The summed E-state index contributed by atoms with van der Waals surface area (Å²) in [5, 5.41) is 12.8. The van der Waals surface area contributed by atoms with Crippen LogP contribution in [0.25, 0.3) is 4.96 Å². The number of carbonyl (C=O) groups is 2.